The first-order chi connectivity index (χ1) is 6.97. The molecule has 1 aliphatic rings. The molecule has 0 aromatic heterocycles. The van der Waals surface area contributed by atoms with Crippen LogP contribution in [-0.2, 0) is 0 Å². The summed E-state index contributed by atoms with van der Waals surface area (Å²) in [5, 5.41) is 6.15. The highest BCUT2D eigenvalue weighted by atomic mass is 15.1. The molecule has 0 atom stereocenters. The number of nitrogens with one attached hydrogen (secondary N) is 2. The van der Waals surface area contributed by atoms with E-state index >= 15 is 0 Å². The van der Waals surface area contributed by atoms with Gasteiger partial charge in [0, 0.05) is 17.0 Å². The Morgan fingerprint density at radius 2 is 1.53 bits per heavy atom. The van der Waals surface area contributed by atoms with Crippen molar-refractivity contribution < 1.29 is 0 Å². The van der Waals surface area contributed by atoms with Gasteiger partial charge < -0.3 is 10.6 Å². The van der Waals surface area contributed by atoms with Gasteiger partial charge >= 0.3 is 0 Å². The Labute approximate surface area is 91.8 Å². The normalized spacial score (nSPS) is 17.4. The van der Waals surface area contributed by atoms with Crippen LogP contribution >= 0.6 is 0 Å². The summed E-state index contributed by atoms with van der Waals surface area (Å²) in [5.74, 6) is 0.722. The molecular formula is C13H18N2. The second kappa shape index (κ2) is 4.22. The summed E-state index contributed by atoms with van der Waals surface area (Å²) in [6.07, 6.45) is 2.08. The van der Waals surface area contributed by atoms with Gasteiger partial charge in [0.05, 0.1) is 0 Å². The summed E-state index contributed by atoms with van der Waals surface area (Å²) in [4.78, 5) is 0. The van der Waals surface area contributed by atoms with E-state index in [1.165, 1.54) is 11.1 Å². The highest BCUT2D eigenvalue weighted by Gasteiger charge is 2.17. The summed E-state index contributed by atoms with van der Waals surface area (Å²) < 4.78 is 0. The molecule has 0 unspecified atom stereocenters. The molecule has 80 valence electrons. The molecule has 1 rings (SSSR count). The number of hydrogen-bond donors (Lipinski definition) is 2. The minimum Gasteiger partial charge on any atom is -0.342 e. The van der Waals surface area contributed by atoms with Crippen molar-refractivity contribution in [3.05, 3.63) is 59.7 Å². The van der Waals surface area contributed by atoms with Crippen molar-refractivity contribution in [2.75, 3.05) is 0 Å². The Morgan fingerprint density at radius 1 is 1.07 bits per heavy atom. The van der Waals surface area contributed by atoms with Crippen molar-refractivity contribution in [3.8, 4) is 0 Å². The molecule has 0 aliphatic carbocycles. The van der Waals surface area contributed by atoms with E-state index in [1.807, 2.05) is 6.92 Å². The molecule has 1 aliphatic heterocycles. The van der Waals surface area contributed by atoms with E-state index in [4.69, 9.17) is 0 Å². The average Bonchev–Trinajstić information content (AvgIpc) is 2.14. The van der Waals surface area contributed by atoms with E-state index < -0.39 is 0 Å². The van der Waals surface area contributed by atoms with E-state index in [0.717, 1.165) is 22.8 Å². The van der Waals surface area contributed by atoms with Crippen LogP contribution in [0.15, 0.2) is 59.7 Å². The maximum Gasteiger partial charge on any atom is 0.100 e. The molecule has 0 bridgehead atoms. The maximum absolute atomic E-state index is 3.98. The molecule has 0 aromatic rings. The van der Waals surface area contributed by atoms with Crippen LogP contribution < -0.4 is 10.6 Å². The van der Waals surface area contributed by atoms with Crippen LogP contribution in [0.25, 0.3) is 0 Å². The third-order valence-corrected chi connectivity index (χ3v) is 2.61. The Balaban J connectivity index is 3.19. The molecule has 0 spiro atoms. The topological polar surface area (TPSA) is 24.1 Å². The van der Waals surface area contributed by atoms with Crippen molar-refractivity contribution in [1.82, 2.24) is 10.6 Å². The van der Waals surface area contributed by atoms with Crippen LogP contribution in [0, 0.1) is 0 Å². The van der Waals surface area contributed by atoms with E-state index in [2.05, 4.69) is 50.3 Å². The minimum absolute atomic E-state index is 0.722. The molecule has 15 heavy (non-hydrogen) atoms. The molecule has 0 radical (unpaired) electrons. The summed E-state index contributed by atoms with van der Waals surface area (Å²) in [6.45, 7) is 17.9. The summed E-state index contributed by atoms with van der Waals surface area (Å²) in [7, 11) is 0. The third kappa shape index (κ3) is 2.21. The van der Waals surface area contributed by atoms with E-state index in [0.29, 0.717) is 0 Å². The van der Waals surface area contributed by atoms with Gasteiger partial charge in [-0.2, -0.15) is 0 Å². The SMILES string of the molecule is C=C1NC(=C)C(=C(C)C(C)=CC)C(=C)N1. The molecule has 2 nitrogen and oxygen atoms in total. The first-order valence-electron chi connectivity index (χ1n) is 4.93. The van der Waals surface area contributed by atoms with Gasteiger partial charge in [-0.15, -0.1) is 0 Å². The van der Waals surface area contributed by atoms with Gasteiger partial charge in [0.1, 0.15) is 5.82 Å². The number of allylic oxidation sites excluding steroid dienone is 3. The summed E-state index contributed by atoms with van der Waals surface area (Å²) in [6, 6.07) is 0. The third-order valence-electron chi connectivity index (χ3n) is 2.61. The van der Waals surface area contributed by atoms with Crippen LogP contribution in [0.1, 0.15) is 20.8 Å². The smallest absolute Gasteiger partial charge is 0.100 e. The highest BCUT2D eigenvalue weighted by molar-refractivity contribution is 5.54. The Hall–Kier alpha value is -1.70. The lowest BCUT2D eigenvalue weighted by Crippen LogP contribution is -2.33. The van der Waals surface area contributed by atoms with Crippen LogP contribution in [0.4, 0.5) is 0 Å². The van der Waals surface area contributed by atoms with E-state index in [1.54, 1.807) is 0 Å². The Morgan fingerprint density at radius 3 is 1.93 bits per heavy atom. The first-order valence-corrected chi connectivity index (χ1v) is 4.93. The number of rotatable bonds is 1. The van der Waals surface area contributed by atoms with Crippen molar-refractivity contribution >= 4 is 0 Å². The van der Waals surface area contributed by atoms with Crippen molar-refractivity contribution in [2.45, 2.75) is 20.8 Å². The van der Waals surface area contributed by atoms with Crippen LogP contribution in [0.2, 0.25) is 0 Å². The quantitative estimate of drug-likeness (QED) is 0.683. The molecule has 0 saturated carbocycles. The fourth-order valence-electron chi connectivity index (χ4n) is 1.57. The zero-order valence-electron chi connectivity index (χ0n) is 9.70. The zero-order valence-corrected chi connectivity index (χ0v) is 9.70. The molecule has 1 heterocycles. The predicted molar refractivity (Wildman–Crippen MR) is 65.8 cm³/mol. The molecule has 0 aromatic carbocycles. The molecular weight excluding hydrogens is 184 g/mol. The lowest BCUT2D eigenvalue weighted by atomic mass is 9.97. The van der Waals surface area contributed by atoms with Crippen molar-refractivity contribution in [2.24, 2.45) is 0 Å². The summed E-state index contributed by atoms with van der Waals surface area (Å²) in [5.41, 5.74) is 5.14. The van der Waals surface area contributed by atoms with Gasteiger partial charge in [-0.1, -0.05) is 31.4 Å². The Bertz CT molecular complexity index is 373. The van der Waals surface area contributed by atoms with Gasteiger partial charge in [-0.3, -0.25) is 0 Å². The second-order valence-corrected chi connectivity index (χ2v) is 3.66. The first kappa shape index (κ1) is 11.4. The van der Waals surface area contributed by atoms with E-state index in [9.17, 15) is 0 Å². The van der Waals surface area contributed by atoms with Gasteiger partial charge in [-0.05, 0) is 26.3 Å². The molecule has 1 fully saturated rings. The van der Waals surface area contributed by atoms with E-state index in [-0.39, 0.29) is 0 Å². The van der Waals surface area contributed by atoms with Crippen LogP contribution in [0.3, 0.4) is 0 Å². The fourth-order valence-corrected chi connectivity index (χ4v) is 1.57. The maximum atomic E-state index is 3.98. The largest absolute Gasteiger partial charge is 0.342 e. The molecule has 2 heteroatoms. The van der Waals surface area contributed by atoms with Crippen LogP contribution in [0.5, 0.6) is 0 Å². The second-order valence-electron chi connectivity index (χ2n) is 3.66. The monoisotopic (exact) mass is 202 g/mol. The Kier molecular flexibility index (Phi) is 3.20. The van der Waals surface area contributed by atoms with Crippen molar-refractivity contribution in [3.63, 3.8) is 0 Å². The molecule has 0 amide bonds. The minimum atomic E-state index is 0.722. The van der Waals surface area contributed by atoms with Gasteiger partial charge in [0.2, 0.25) is 0 Å². The van der Waals surface area contributed by atoms with Gasteiger partial charge in [0.25, 0.3) is 0 Å². The highest BCUT2D eigenvalue weighted by Crippen LogP contribution is 2.26. The van der Waals surface area contributed by atoms with Crippen LogP contribution in [-0.4, -0.2) is 0 Å². The summed E-state index contributed by atoms with van der Waals surface area (Å²) >= 11 is 0. The lowest BCUT2D eigenvalue weighted by Gasteiger charge is -2.27. The average molecular weight is 202 g/mol. The number of hydrogen-bond acceptors (Lipinski definition) is 2. The lowest BCUT2D eigenvalue weighted by molar-refractivity contribution is 0.797. The molecule has 1 saturated heterocycles. The van der Waals surface area contributed by atoms with Crippen molar-refractivity contribution in [1.29, 1.82) is 0 Å². The van der Waals surface area contributed by atoms with Gasteiger partial charge in [-0.25, -0.2) is 0 Å². The molecule has 2 N–H and O–H groups in total. The standard InChI is InChI=1S/C13H18N2/c1-7-8(2)9(3)13-10(4)14-12(6)15-11(13)5/h7,14-15H,4-6H2,1-3H3. The fraction of sp³-hybridized carbons (Fsp3) is 0.231. The van der Waals surface area contributed by atoms with Gasteiger partial charge in [0.15, 0.2) is 0 Å². The predicted octanol–water partition coefficient (Wildman–Crippen LogP) is 2.96. The zero-order chi connectivity index (χ0) is 11.6.